The first-order valence-electron chi connectivity index (χ1n) is 9.05. The Morgan fingerprint density at radius 2 is 1.79 bits per heavy atom. The molecule has 3 aromatic rings. The normalized spacial score (nSPS) is 14.0. The molecule has 0 saturated carbocycles. The number of nitrogens with zero attached hydrogens (tertiary/aromatic N) is 6. The van der Waals surface area contributed by atoms with Crippen molar-refractivity contribution in [3.8, 4) is 0 Å². The number of rotatable bonds is 5. The van der Waals surface area contributed by atoms with E-state index < -0.39 is 4.92 Å². The van der Waals surface area contributed by atoms with Crippen LogP contribution in [0, 0.1) is 10.1 Å². The third-order valence-corrected chi connectivity index (χ3v) is 4.88. The summed E-state index contributed by atoms with van der Waals surface area (Å²) in [4.78, 5) is 27.9. The summed E-state index contributed by atoms with van der Waals surface area (Å²) in [5.41, 5.74) is 0.876. The van der Waals surface area contributed by atoms with Crippen LogP contribution < -0.4 is 15.1 Å². The summed E-state index contributed by atoms with van der Waals surface area (Å²) in [5.74, 6) is 0.899. The number of hydrogen-bond donors (Lipinski definition) is 1. The molecule has 2 aromatic heterocycles. The number of pyridine rings is 1. The average Bonchev–Trinajstić information content (AvgIpc) is 2.74. The minimum atomic E-state index is -0.454. The van der Waals surface area contributed by atoms with E-state index in [1.54, 1.807) is 24.4 Å². The summed E-state index contributed by atoms with van der Waals surface area (Å²) in [6.45, 7) is 2.58. The Labute approximate surface area is 172 Å². The van der Waals surface area contributed by atoms with Gasteiger partial charge in [0.05, 0.1) is 4.92 Å². The Balaban J connectivity index is 1.56. The number of benzene rings is 1. The van der Waals surface area contributed by atoms with Gasteiger partial charge in [0.1, 0.15) is 12.1 Å². The maximum atomic E-state index is 11.8. The van der Waals surface area contributed by atoms with Crippen LogP contribution in [-0.2, 0) is 0 Å². The highest BCUT2D eigenvalue weighted by molar-refractivity contribution is 6.30. The lowest BCUT2D eigenvalue weighted by Crippen LogP contribution is -2.47. The second-order valence-corrected chi connectivity index (χ2v) is 6.88. The van der Waals surface area contributed by atoms with Crippen LogP contribution in [0.4, 0.5) is 28.8 Å². The number of halogens is 1. The molecule has 0 atom stereocenters. The van der Waals surface area contributed by atoms with Gasteiger partial charge in [-0.2, -0.15) is 0 Å². The standard InChI is InChI=1S/C19H18ClN7O2/c20-14-4-3-5-15(12-14)25-8-10-26(11-9-25)19-17(27(28)29)18(22-13-23-19)24-16-6-1-2-7-21-16/h1-7,12-13H,8-11H2,(H,21,22,23,24). The van der Waals surface area contributed by atoms with Gasteiger partial charge in [-0.15, -0.1) is 0 Å². The lowest BCUT2D eigenvalue weighted by atomic mass is 10.2. The topological polar surface area (TPSA) is 100 Å². The molecule has 1 aliphatic rings. The molecular formula is C19H18ClN7O2. The van der Waals surface area contributed by atoms with Crippen LogP contribution >= 0.6 is 11.6 Å². The van der Waals surface area contributed by atoms with E-state index in [9.17, 15) is 10.1 Å². The first-order chi connectivity index (χ1) is 14.1. The molecule has 1 aromatic carbocycles. The molecule has 29 heavy (non-hydrogen) atoms. The molecule has 0 unspecified atom stereocenters. The fourth-order valence-corrected chi connectivity index (χ4v) is 3.45. The third-order valence-electron chi connectivity index (χ3n) is 4.65. The Morgan fingerprint density at radius 1 is 1.00 bits per heavy atom. The zero-order valence-electron chi connectivity index (χ0n) is 15.4. The van der Waals surface area contributed by atoms with Crippen molar-refractivity contribution in [2.75, 3.05) is 41.3 Å². The highest BCUT2D eigenvalue weighted by atomic mass is 35.5. The number of nitro groups is 1. The molecule has 148 valence electrons. The second kappa shape index (κ2) is 8.27. The van der Waals surface area contributed by atoms with E-state index in [0.717, 1.165) is 5.69 Å². The molecule has 3 heterocycles. The molecule has 0 spiro atoms. The maximum absolute atomic E-state index is 11.8. The zero-order valence-corrected chi connectivity index (χ0v) is 16.2. The minimum Gasteiger partial charge on any atom is -0.368 e. The summed E-state index contributed by atoms with van der Waals surface area (Å²) < 4.78 is 0. The molecule has 0 bridgehead atoms. The number of anilines is 4. The molecule has 1 N–H and O–H groups in total. The van der Waals surface area contributed by atoms with Crippen molar-refractivity contribution in [2.45, 2.75) is 0 Å². The number of aromatic nitrogens is 3. The molecule has 0 aliphatic carbocycles. The van der Waals surface area contributed by atoms with Gasteiger partial charge in [0.25, 0.3) is 0 Å². The smallest absolute Gasteiger partial charge is 0.353 e. The number of piperazine rings is 1. The van der Waals surface area contributed by atoms with E-state index in [-0.39, 0.29) is 11.5 Å². The molecule has 1 saturated heterocycles. The van der Waals surface area contributed by atoms with Crippen LogP contribution in [0.1, 0.15) is 0 Å². The summed E-state index contributed by atoms with van der Waals surface area (Å²) in [6, 6.07) is 12.9. The van der Waals surface area contributed by atoms with Gasteiger partial charge in [-0.05, 0) is 30.3 Å². The Bertz CT molecular complexity index is 1010. The average molecular weight is 412 g/mol. The monoisotopic (exact) mass is 411 g/mol. The molecule has 4 rings (SSSR count). The predicted molar refractivity (Wildman–Crippen MR) is 112 cm³/mol. The Kier molecular flexibility index (Phi) is 5.39. The van der Waals surface area contributed by atoms with Crippen molar-refractivity contribution in [3.63, 3.8) is 0 Å². The van der Waals surface area contributed by atoms with Crippen LogP contribution in [-0.4, -0.2) is 46.1 Å². The van der Waals surface area contributed by atoms with Crippen molar-refractivity contribution in [1.29, 1.82) is 0 Å². The lowest BCUT2D eigenvalue weighted by molar-refractivity contribution is -0.383. The second-order valence-electron chi connectivity index (χ2n) is 6.45. The summed E-state index contributed by atoms with van der Waals surface area (Å²) in [6.07, 6.45) is 2.93. The summed E-state index contributed by atoms with van der Waals surface area (Å²) >= 11 is 6.09. The number of hydrogen-bond acceptors (Lipinski definition) is 8. The highest BCUT2D eigenvalue weighted by Crippen LogP contribution is 2.34. The highest BCUT2D eigenvalue weighted by Gasteiger charge is 2.29. The summed E-state index contributed by atoms with van der Waals surface area (Å²) in [7, 11) is 0. The quantitative estimate of drug-likeness (QED) is 0.503. The van der Waals surface area contributed by atoms with E-state index in [1.165, 1.54) is 6.33 Å². The minimum absolute atomic E-state index is 0.121. The van der Waals surface area contributed by atoms with Crippen molar-refractivity contribution < 1.29 is 4.92 Å². The van der Waals surface area contributed by atoms with Gasteiger partial charge in [0.15, 0.2) is 0 Å². The van der Waals surface area contributed by atoms with Gasteiger partial charge < -0.3 is 15.1 Å². The molecule has 9 nitrogen and oxygen atoms in total. The number of nitrogens with one attached hydrogen (secondary N) is 1. The van der Waals surface area contributed by atoms with Gasteiger partial charge in [0, 0.05) is 43.1 Å². The molecule has 1 aliphatic heterocycles. The summed E-state index contributed by atoms with van der Waals surface area (Å²) in [5, 5.41) is 15.4. The van der Waals surface area contributed by atoms with Gasteiger partial charge in [0.2, 0.25) is 11.6 Å². The van der Waals surface area contributed by atoms with Crippen LogP contribution in [0.5, 0.6) is 0 Å². The van der Waals surface area contributed by atoms with Gasteiger partial charge >= 0.3 is 5.69 Å². The van der Waals surface area contributed by atoms with E-state index in [4.69, 9.17) is 11.6 Å². The van der Waals surface area contributed by atoms with Crippen LogP contribution in [0.25, 0.3) is 0 Å². The largest absolute Gasteiger partial charge is 0.368 e. The van der Waals surface area contributed by atoms with E-state index >= 15 is 0 Å². The zero-order chi connectivity index (χ0) is 20.2. The van der Waals surface area contributed by atoms with Crippen LogP contribution in [0.2, 0.25) is 5.02 Å². The SMILES string of the molecule is O=[N+]([O-])c1c(Nc2ccccn2)ncnc1N1CCN(c2cccc(Cl)c2)CC1. The molecular weight excluding hydrogens is 394 g/mol. The van der Waals surface area contributed by atoms with Crippen LogP contribution in [0.15, 0.2) is 55.0 Å². The van der Waals surface area contributed by atoms with E-state index in [1.807, 2.05) is 29.2 Å². The predicted octanol–water partition coefficient (Wildman–Crippen LogP) is 3.50. The van der Waals surface area contributed by atoms with Gasteiger partial charge in [-0.25, -0.2) is 15.0 Å². The van der Waals surface area contributed by atoms with Crippen molar-refractivity contribution in [3.05, 3.63) is 70.1 Å². The first kappa shape index (κ1) is 18.9. The van der Waals surface area contributed by atoms with Gasteiger partial charge in [-0.3, -0.25) is 10.1 Å². The molecule has 0 radical (unpaired) electrons. The van der Waals surface area contributed by atoms with Crippen molar-refractivity contribution in [1.82, 2.24) is 15.0 Å². The third kappa shape index (κ3) is 4.19. The lowest BCUT2D eigenvalue weighted by Gasteiger charge is -2.36. The van der Waals surface area contributed by atoms with E-state index in [0.29, 0.717) is 42.8 Å². The Hall–Kier alpha value is -3.46. The van der Waals surface area contributed by atoms with Gasteiger partial charge in [-0.1, -0.05) is 23.7 Å². The first-order valence-corrected chi connectivity index (χ1v) is 9.42. The molecule has 1 fully saturated rings. The van der Waals surface area contributed by atoms with Crippen molar-refractivity contribution >= 4 is 40.4 Å². The maximum Gasteiger partial charge on any atom is 0.353 e. The molecule has 10 heteroatoms. The fourth-order valence-electron chi connectivity index (χ4n) is 3.27. The van der Waals surface area contributed by atoms with E-state index in [2.05, 4.69) is 25.2 Å². The fraction of sp³-hybridized carbons (Fsp3) is 0.211. The van der Waals surface area contributed by atoms with Crippen LogP contribution in [0.3, 0.4) is 0 Å². The molecule has 0 amide bonds. The van der Waals surface area contributed by atoms with Crippen molar-refractivity contribution in [2.24, 2.45) is 0 Å². The Morgan fingerprint density at radius 3 is 2.48 bits per heavy atom.